The van der Waals surface area contributed by atoms with Crippen LogP contribution in [0.5, 0.6) is 11.5 Å². The van der Waals surface area contributed by atoms with E-state index in [2.05, 4.69) is 10.5 Å². The molecular formula is C19H22N2O3. The molecule has 1 aliphatic heterocycles. The molecule has 126 valence electrons. The summed E-state index contributed by atoms with van der Waals surface area (Å²) in [5.41, 5.74) is 3.98. The fourth-order valence-corrected chi connectivity index (χ4v) is 5.19. The van der Waals surface area contributed by atoms with Crippen LogP contribution in [0.25, 0.3) is 0 Å². The van der Waals surface area contributed by atoms with Crippen molar-refractivity contribution in [3.05, 3.63) is 24.3 Å². The minimum Gasteiger partial charge on any atom is -0.485 e. The zero-order valence-corrected chi connectivity index (χ0v) is 13.6. The Hall–Kier alpha value is -2.04. The molecule has 0 radical (unpaired) electrons. The molecule has 1 aromatic rings. The van der Waals surface area contributed by atoms with Crippen molar-refractivity contribution in [1.29, 1.82) is 0 Å². The molecule has 24 heavy (non-hydrogen) atoms. The quantitative estimate of drug-likeness (QED) is 0.850. The number of nitrogens with zero attached hydrogens (tertiary/aromatic N) is 1. The molecule has 0 saturated heterocycles. The zero-order chi connectivity index (χ0) is 16.1. The minimum atomic E-state index is -0.638. The van der Waals surface area contributed by atoms with E-state index in [0.717, 1.165) is 11.8 Å². The SMILES string of the molecule is O=C(NN=C1C2CC3CC(C2)CC1C3)[C@@H]1COc2ccccc2O1. The number of benzene rings is 1. The molecule has 0 spiro atoms. The van der Waals surface area contributed by atoms with Crippen molar-refractivity contribution in [2.24, 2.45) is 28.8 Å². The highest BCUT2D eigenvalue weighted by molar-refractivity contribution is 5.92. The van der Waals surface area contributed by atoms with Gasteiger partial charge in [-0.2, -0.15) is 5.10 Å². The average molecular weight is 326 g/mol. The van der Waals surface area contributed by atoms with E-state index in [4.69, 9.17) is 9.47 Å². The third kappa shape index (κ3) is 2.38. The van der Waals surface area contributed by atoms with Crippen molar-refractivity contribution in [3.63, 3.8) is 0 Å². The number of fused-ring (bicyclic) bond motifs is 1. The molecule has 4 saturated carbocycles. The molecule has 5 nitrogen and oxygen atoms in total. The first-order chi connectivity index (χ1) is 11.8. The second kappa shape index (κ2) is 5.50. The lowest BCUT2D eigenvalue weighted by Gasteiger charge is -2.50. The molecule has 1 aromatic carbocycles. The number of nitrogens with one attached hydrogen (secondary N) is 1. The summed E-state index contributed by atoms with van der Waals surface area (Å²) in [6.07, 6.45) is 5.83. The van der Waals surface area contributed by atoms with Crippen molar-refractivity contribution in [1.82, 2.24) is 5.43 Å². The van der Waals surface area contributed by atoms with Gasteiger partial charge in [0.25, 0.3) is 5.91 Å². The molecule has 4 bridgehead atoms. The van der Waals surface area contributed by atoms with Gasteiger partial charge in [-0.25, -0.2) is 5.43 Å². The van der Waals surface area contributed by atoms with E-state index >= 15 is 0 Å². The fourth-order valence-electron chi connectivity index (χ4n) is 5.19. The standard InChI is InChI=1S/C19H22N2O3/c22-19(17-10-23-15-3-1-2-4-16(15)24-17)21-20-18-13-6-11-5-12(8-13)9-14(18)7-11/h1-4,11-14,17H,5-10H2,(H,21,22)/t11?,12?,13?,14?,17-/m0/s1. The highest BCUT2D eigenvalue weighted by Gasteiger charge is 2.46. The van der Waals surface area contributed by atoms with Crippen LogP contribution in [0.3, 0.4) is 0 Å². The summed E-state index contributed by atoms with van der Waals surface area (Å²) < 4.78 is 11.4. The Morgan fingerprint density at radius 2 is 1.67 bits per heavy atom. The number of carbonyl (C=O) groups is 1. The van der Waals surface area contributed by atoms with E-state index in [0.29, 0.717) is 23.3 Å². The Kier molecular flexibility index (Phi) is 3.28. The topological polar surface area (TPSA) is 59.9 Å². The normalized spacial score (nSPS) is 35.7. The van der Waals surface area contributed by atoms with Gasteiger partial charge in [0.1, 0.15) is 6.61 Å². The Morgan fingerprint density at radius 3 is 2.38 bits per heavy atom. The number of hydrogen-bond donors (Lipinski definition) is 1. The van der Waals surface area contributed by atoms with E-state index in [1.54, 1.807) is 0 Å². The first-order valence-electron chi connectivity index (χ1n) is 9.02. The van der Waals surface area contributed by atoms with Gasteiger partial charge in [0.2, 0.25) is 6.10 Å². The van der Waals surface area contributed by atoms with Gasteiger partial charge in [-0.3, -0.25) is 4.79 Å². The van der Waals surface area contributed by atoms with Crippen LogP contribution in [0.4, 0.5) is 0 Å². The second-order valence-electron chi connectivity index (χ2n) is 7.68. The minimum absolute atomic E-state index is 0.217. The molecule has 5 heteroatoms. The largest absolute Gasteiger partial charge is 0.485 e. The average Bonchev–Trinajstić information content (AvgIpc) is 2.60. The Morgan fingerprint density at radius 1 is 1.00 bits per heavy atom. The predicted octanol–water partition coefficient (Wildman–Crippen LogP) is 2.75. The summed E-state index contributed by atoms with van der Waals surface area (Å²) in [6, 6.07) is 7.43. The highest BCUT2D eigenvalue weighted by atomic mass is 16.6. The monoisotopic (exact) mass is 326 g/mol. The number of hydrogen-bond acceptors (Lipinski definition) is 4. The molecule has 5 aliphatic rings. The molecule has 1 N–H and O–H groups in total. The van der Waals surface area contributed by atoms with Crippen LogP contribution in [0.15, 0.2) is 29.4 Å². The number of amides is 1. The lowest BCUT2D eigenvalue weighted by Crippen LogP contribution is -2.47. The van der Waals surface area contributed by atoms with Crippen LogP contribution in [0, 0.1) is 23.7 Å². The Labute approximate surface area is 141 Å². The first kappa shape index (κ1) is 14.3. The number of hydrazone groups is 1. The molecule has 6 rings (SSSR count). The molecular weight excluding hydrogens is 304 g/mol. The van der Waals surface area contributed by atoms with Crippen molar-refractivity contribution in [2.75, 3.05) is 6.61 Å². The Bertz CT molecular complexity index is 670. The molecule has 0 unspecified atom stereocenters. The van der Waals surface area contributed by atoms with Crippen LogP contribution in [-0.4, -0.2) is 24.3 Å². The van der Waals surface area contributed by atoms with Crippen molar-refractivity contribution in [2.45, 2.75) is 38.2 Å². The van der Waals surface area contributed by atoms with Crippen LogP contribution in [-0.2, 0) is 4.79 Å². The third-order valence-electron chi connectivity index (χ3n) is 6.07. The molecule has 1 atom stereocenters. The summed E-state index contributed by atoms with van der Waals surface area (Å²) in [5, 5.41) is 4.54. The van der Waals surface area contributed by atoms with Gasteiger partial charge in [-0.15, -0.1) is 0 Å². The van der Waals surface area contributed by atoms with E-state index in [1.165, 1.54) is 37.8 Å². The molecule has 1 amide bonds. The lowest BCUT2D eigenvalue weighted by atomic mass is 9.55. The molecule has 0 aromatic heterocycles. The molecule has 4 aliphatic carbocycles. The number of ether oxygens (including phenoxy) is 2. The smallest absolute Gasteiger partial charge is 0.284 e. The number of carbonyl (C=O) groups excluding carboxylic acids is 1. The second-order valence-corrected chi connectivity index (χ2v) is 7.68. The predicted molar refractivity (Wildman–Crippen MR) is 89.0 cm³/mol. The Balaban J connectivity index is 1.26. The van der Waals surface area contributed by atoms with Gasteiger partial charge in [-0.1, -0.05) is 12.1 Å². The number of rotatable bonds is 2. The van der Waals surface area contributed by atoms with Crippen molar-refractivity contribution < 1.29 is 14.3 Å². The zero-order valence-electron chi connectivity index (χ0n) is 13.6. The molecule has 1 heterocycles. The molecule has 4 fully saturated rings. The third-order valence-corrected chi connectivity index (χ3v) is 6.07. The van der Waals surface area contributed by atoms with Gasteiger partial charge in [0.05, 0.1) is 0 Å². The summed E-state index contributed by atoms with van der Waals surface area (Å²) in [6.45, 7) is 0.227. The summed E-state index contributed by atoms with van der Waals surface area (Å²) in [5.74, 6) is 4.06. The lowest BCUT2D eigenvalue weighted by molar-refractivity contribution is -0.130. The van der Waals surface area contributed by atoms with Crippen molar-refractivity contribution >= 4 is 11.6 Å². The van der Waals surface area contributed by atoms with Crippen LogP contribution >= 0.6 is 0 Å². The van der Waals surface area contributed by atoms with Crippen molar-refractivity contribution in [3.8, 4) is 11.5 Å². The maximum atomic E-state index is 12.4. The van der Waals surface area contributed by atoms with Crippen LogP contribution < -0.4 is 14.9 Å². The maximum Gasteiger partial charge on any atom is 0.284 e. The van der Waals surface area contributed by atoms with Gasteiger partial charge < -0.3 is 9.47 Å². The van der Waals surface area contributed by atoms with E-state index in [1.807, 2.05) is 24.3 Å². The number of para-hydroxylation sites is 2. The van der Waals surface area contributed by atoms with Gasteiger partial charge in [0.15, 0.2) is 11.5 Å². The van der Waals surface area contributed by atoms with Gasteiger partial charge >= 0.3 is 0 Å². The fraction of sp³-hybridized carbons (Fsp3) is 0.579. The summed E-state index contributed by atoms with van der Waals surface area (Å²) in [7, 11) is 0. The first-order valence-corrected chi connectivity index (χ1v) is 9.02. The van der Waals surface area contributed by atoms with Gasteiger partial charge in [-0.05, 0) is 67.9 Å². The summed E-state index contributed by atoms with van der Waals surface area (Å²) in [4.78, 5) is 12.4. The maximum absolute atomic E-state index is 12.4. The van der Waals surface area contributed by atoms with Gasteiger partial charge in [0, 0.05) is 5.71 Å². The highest BCUT2D eigenvalue weighted by Crippen LogP contribution is 2.52. The van der Waals surface area contributed by atoms with Crippen LogP contribution in [0.1, 0.15) is 32.1 Å². The van der Waals surface area contributed by atoms with E-state index in [9.17, 15) is 4.79 Å². The van der Waals surface area contributed by atoms with E-state index < -0.39 is 6.10 Å². The van der Waals surface area contributed by atoms with Crippen LogP contribution in [0.2, 0.25) is 0 Å². The van der Waals surface area contributed by atoms with E-state index in [-0.39, 0.29) is 12.5 Å². The summed E-state index contributed by atoms with van der Waals surface area (Å²) >= 11 is 0.